The topological polar surface area (TPSA) is 64.0 Å². The fourth-order valence-corrected chi connectivity index (χ4v) is 3.08. The van der Waals surface area contributed by atoms with Crippen molar-refractivity contribution in [3.63, 3.8) is 0 Å². The number of benzene rings is 1. The first-order chi connectivity index (χ1) is 11.0. The number of nitrogens with zero attached hydrogens (tertiary/aromatic N) is 2. The molecule has 0 atom stereocenters. The summed E-state index contributed by atoms with van der Waals surface area (Å²) >= 11 is 2.95. The molecule has 0 unspecified atom stereocenters. The van der Waals surface area contributed by atoms with Gasteiger partial charge in [0.1, 0.15) is 0 Å². The minimum absolute atomic E-state index is 0.00983. The van der Waals surface area contributed by atoms with Crippen LogP contribution in [0.3, 0.4) is 0 Å². The second kappa shape index (κ2) is 7.66. The van der Waals surface area contributed by atoms with Gasteiger partial charge in [-0.3, -0.25) is 0 Å². The van der Waals surface area contributed by atoms with E-state index in [0.717, 1.165) is 23.9 Å². The second-order valence-electron chi connectivity index (χ2n) is 5.63. The molecule has 1 fully saturated rings. The van der Waals surface area contributed by atoms with Gasteiger partial charge in [-0.15, -0.1) is 0 Å². The predicted molar refractivity (Wildman–Crippen MR) is 92.1 cm³/mol. The molecule has 0 spiro atoms. The number of rotatable bonds is 6. The number of hydrogen-bond acceptors (Lipinski definition) is 4. The number of hydrogen-bond donors (Lipinski definition) is 2. The average molecular weight is 381 g/mol. The molecule has 1 aliphatic rings. The number of amides is 1. The molecule has 1 heterocycles. The Balaban J connectivity index is 2.18. The van der Waals surface area contributed by atoms with Crippen molar-refractivity contribution in [3.05, 3.63) is 29.5 Å². The first kappa shape index (κ1) is 17.6. The van der Waals surface area contributed by atoms with Crippen molar-refractivity contribution in [2.45, 2.75) is 32.6 Å². The molecule has 1 amide bonds. The van der Waals surface area contributed by atoms with E-state index in [-0.39, 0.29) is 17.4 Å². The Kier molecular flexibility index (Phi) is 5.85. The molecule has 5 nitrogen and oxygen atoms in total. The number of phenols is 2. The van der Waals surface area contributed by atoms with Gasteiger partial charge in [-0.1, -0.05) is 0 Å². The van der Waals surface area contributed by atoms with Gasteiger partial charge in [-0.05, 0) is 0 Å². The molecule has 1 aromatic rings. The Hall–Kier alpha value is -1.78. The summed E-state index contributed by atoms with van der Waals surface area (Å²) in [4.78, 5) is 16.1. The van der Waals surface area contributed by atoms with Crippen LogP contribution in [0, 0.1) is 0 Å². The fourth-order valence-electron chi connectivity index (χ4n) is 2.51. The zero-order valence-corrected chi connectivity index (χ0v) is 15.2. The molecule has 6 heteroatoms. The molecule has 0 saturated carbocycles. The van der Waals surface area contributed by atoms with Crippen LogP contribution in [0.2, 0.25) is 0 Å². The van der Waals surface area contributed by atoms with Crippen LogP contribution in [0.25, 0.3) is 6.08 Å². The Labute approximate surface area is 144 Å². The molecule has 0 bridgehead atoms. The number of likely N-dealkylation sites (N-methyl/N-ethyl adjacent to an activating group) is 1. The summed E-state index contributed by atoms with van der Waals surface area (Å²) in [7, 11) is 1.82. The van der Waals surface area contributed by atoms with Crippen LogP contribution < -0.4 is 0 Å². The molecule has 124 valence electrons. The van der Waals surface area contributed by atoms with Gasteiger partial charge in [0.05, 0.1) is 0 Å². The summed E-state index contributed by atoms with van der Waals surface area (Å²) in [6, 6.07) is 4.33. The fraction of sp³-hybridized carbons (Fsp3) is 0.412. The minimum atomic E-state index is -0.0785. The number of unbranched alkanes of at least 4 members (excludes halogenated alkanes) is 3. The van der Waals surface area contributed by atoms with Gasteiger partial charge in [-0.2, -0.15) is 0 Å². The summed E-state index contributed by atoms with van der Waals surface area (Å²) in [5.41, 5.74) is 0.994. The number of phenolic OH excluding ortho intramolecular Hbond substituents is 2. The van der Waals surface area contributed by atoms with Crippen molar-refractivity contribution >= 4 is 32.2 Å². The van der Waals surface area contributed by atoms with E-state index >= 15 is 0 Å². The standard InChI is InChI=1S/C17H22N2O3Se/c1-3-4-5-6-9-19-16(22)14(18(2)17(19)23)10-12-7-8-13(20)11-15(12)21/h7-8,10-11,20-21H,3-6,9H2,1-2H3/b14-10+. The van der Waals surface area contributed by atoms with E-state index in [4.69, 9.17) is 0 Å². The predicted octanol–water partition coefficient (Wildman–Crippen LogP) is 2.05. The Morgan fingerprint density at radius 2 is 1.96 bits per heavy atom. The third-order valence-electron chi connectivity index (χ3n) is 3.88. The van der Waals surface area contributed by atoms with Crippen LogP contribution >= 0.6 is 0 Å². The van der Waals surface area contributed by atoms with E-state index in [9.17, 15) is 15.0 Å². The summed E-state index contributed by atoms with van der Waals surface area (Å²) in [5.74, 6) is -0.142. The molecular formula is C17H22N2O3Se. The van der Waals surface area contributed by atoms with Gasteiger partial charge in [-0.25, -0.2) is 0 Å². The van der Waals surface area contributed by atoms with Gasteiger partial charge in [0, 0.05) is 0 Å². The second-order valence-corrected chi connectivity index (χ2v) is 6.40. The van der Waals surface area contributed by atoms with Crippen molar-refractivity contribution < 1.29 is 15.0 Å². The summed E-state index contributed by atoms with van der Waals surface area (Å²) < 4.78 is 0.774. The maximum atomic E-state index is 12.6. The molecule has 1 aliphatic heterocycles. The molecule has 2 N–H and O–H groups in total. The third-order valence-corrected chi connectivity index (χ3v) is 4.92. The van der Waals surface area contributed by atoms with Crippen molar-refractivity contribution in [1.29, 1.82) is 0 Å². The quantitative estimate of drug-likeness (QED) is 0.450. The van der Waals surface area contributed by atoms with E-state index in [1.165, 1.54) is 18.6 Å². The first-order valence-corrected chi connectivity index (χ1v) is 8.64. The van der Waals surface area contributed by atoms with E-state index < -0.39 is 0 Å². The van der Waals surface area contributed by atoms with E-state index in [1.807, 2.05) is 7.05 Å². The van der Waals surface area contributed by atoms with Gasteiger partial charge < -0.3 is 0 Å². The summed E-state index contributed by atoms with van der Waals surface area (Å²) in [6.45, 7) is 2.84. The van der Waals surface area contributed by atoms with Gasteiger partial charge in [0.15, 0.2) is 0 Å². The summed E-state index contributed by atoms with van der Waals surface area (Å²) in [6.07, 6.45) is 6.05. The van der Waals surface area contributed by atoms with E-state index in [0.29, 0.717) is 17.8 Å². The zero-order valence-electron chi connectivity index (χ0n) is 13.5. The van der Waals surface area contributed by atoms with Crippen LogP contribution in [-0.2, 0) is 4.79 Å². The molecule has 2 rings (SSSR count). The first-order valence-electron chi connectivity index (χ1n) is 7.79. The van der Waals surface area contributed by atoms with Crippen molar-refractivity contribution in [2.75, 3.05) is 13.6 Å². The van der Waals surface area contributed by atoms with E-state index in [2.05, 4.69) is 22.5 Å². The molecule has 1 saturated heterocycles. The van der Waals surface area contributed by atoms with Gasteiger partial charge >= 0.3 is 144 Å². The third kappa shape index (κ3) is 3.95. The van der Waals surface area contributed by atoms with Crippen LogP contribution in [0.15, 0.2) is 23.9 Å². The van der Waals surface area contributed by atoms with Gasteiger partial charge in [0.2, 0.25) is 0 Å². The molecule has 0 radical (unpaired) electrons. The Bertz CT molecular complexity index is 643. The SMILES string of the molecule is CCCCCCN1C(=O)/C(=C\c2ccc(O)cc2O)N(C)C1=[Se]. The van der Waals surface area contributed by atoms with Crippen LogP contribution in [0.1, 0.15) is 38.2 Å². The Morgan fingerprint density at radius 1 is 1.22 bits per heavy atom. The van der Waals surface area contributed by atoms with Crippen molar-refractivity contribution in [2.24, 2.45) is 0 Å². The molecular weight excluding hydrogens is 359 g/mol. The van der Waals surface area contributed by atoms with Crippen molar-refractivity contribution in [3.8, 4) is 11.5 Å². The van der Waals surface area contributed by atoms with Crippen LogP contribution in [0.5, 0.6) is 11.5 Å². The Morgan fingerprint density at radius 3 is 2.61 bits per heavy atom. The molecule has 0 aromatic heterocycles. The van der Waals surface area contributed by atoms with Crippen LogP contribution in [-0.4, -0.2) is 59.8 Å². The normalized spacial score (nSPS) is 16.7. The monoisotopic (exact) mass is 382 g/mol. The number of carbonyl (C=O) groups excluding carboxylic acids is 1. The van der Waals surface area contributed by atoms with Crippen molar-refractivity contribution in [1.82, 2.24) is 9.80 Å². The maximum absolute atomic E-state index is 12.6. The summed E-state index contributed by atoms with van der Waals surface area (Å²) in [5, 5.41) is 19.2. The zero-order chi connectivity index (χ0) is 17.0. The van der Waals surface area contributed by atoms with Gasteiger partial charge in [0.25, 0.3) is 0 Å². The van der Waals surface area contributed by atoms with Crippen LogP contribution in [0.4, 0.5) is 0 Å². The molecule has 0 aliphatic carbocycles. The average Bonchev–Trinajstić information content (AvgIpc) is 2.71. The number of carbonyl (C=O) groups is 1. The number of aromatic hydroxyl groups is 2. The molecule has 1 aromatic carbocycles. The molecule has 23 heavy (non-hydrogen) atoms. The van der Waals surface area contributed by atoms with E-state index in [1.54, 1.807) is 21.9 Å².